The third-order valence-corrected chi connectivity index (χ3v) is 3.99. The van der Waals surface area contributed by atoms with Gasteiger partial charge in [-0.25, -0.2) is 4.98 Å². The van der Waals surface area contributed by atoms with Crippen LogP contribution in [0.4, 0.5) is 18.9 Å². The molecule has 0 unspecified atom stereocenters. The monoisotopic (exact) mass is 403 g/mol. The largest absolute Gasteiger partial charge is 0.573 e. The Kier molecular flexibility index (Phi) is 6.38. The number of imidazole rings is 1. The molecule has 1 heterocycles. The van der Waals surface area contributed by atoms with Crippen LogP contribution in [0.3, 0.4) is 0 Å². The van der Waals surface area contributed by atoms with Gasteiger partial charge in [-0.1, -0.05) is 42.5 Å². The highest BCUT2D eigenvalue weighted by Gasteiger charge is 2.32. The van der Waals surface area contributed by atoms with E-state index in [-0.39, 0.29) is 17.4 Å². The van der Waals surface area contributed by atoms with Crippen molar-refractivity contribution in [3.8, 4) is 5.75 Å². The Balaban J connectivity index is 1.59. The number of alkyl halides is 3. The van der Waals surface area contributed by atoms with E-state index in [9.17, 15) is 13.2 Å². The molecule has 1 aromatic heterocycles. The second kappa shape index (κ2) is 9.13. The first-order chi connectivity index (χ1) is 13.9. The van der Waals surface area contributed by atoms with Crippen LogP contribution in [0.15, 0.2) is 72.0 Å². The summed E-state index contributed by atoms with van der Waals surface area (Å²) in [6.07, 6.45) is -0.658. The van der Waals surface area contributed by atoms with E-state index in [4.69, 9.17) is 5.73 Å². The lowest BCUT2D eigenvalue weighted by atomic mass is 10.2. The molecule has 0 fully saturated rings. The van der Waals surface area contributed by atoms with Crippen molar-refractivity contribution in [2.24, 2.45) is 10.7 Å². The molecule has 6 nitrogen and oxygen atoms in total. The van der Waals surface area contributed by atoms with Crippen molar-refractivity contribution in [3.05, 3.63) is 78.4 Å². The summed E-state index contributed by atoms with van der Waals surface area (Å²) in [4.78, 5) is 8.51. The molecule has 0 spiro atoms. The third-order valence-electron chi connectivity index (χ3n) is 3.99. The number of nitrogens with zero attached hydrogens (tertiary/aromatic N) is 3. The third kappa shape index (κ3) is 6.27. The molecule has 3 N–H and O–H groups in total. The molecule has 3 aromatic rings. The zero-order chi connectivity index (χ0) is 20.7. The van der Waals surface area contributed by atoms with Gasteiger partial charge in [-0.3, -0.25) is 4.99 Å². The number of guanidine groups is 1. The van der Waals surface area contributed by atoms with Gasteiger partial charge in [0.25, 0.3) is 0 Å². The van der Waals surface area contributed by atoms with Crippen LogP contribution in [0, 0.1) is 0 Å². The molecule has 0 aliphatic carbocycles. The highest BCUT2D eigenvalue weighted by Crippen LogP contribution is 2.29. The number of hydrogen-bond donors (Lipinski definition) is 2. The lowest BCUT2D eigenvalue weighted by Crippen LogP contribution is -2.25. The summed E-state index contributed by atoms with van der Waals surface area (Å²) in [5, 5.41) is 2.64. The van der Waals surface area contributed by atoms with Gasteiger partial charge >= 0.3 is 6.36 Å². The van der Waals surface area contributed by atoms with Gasteiger partial charge in [0.1, 0.15) is 5.82 Å². The first-order valence-corrected chi connectivity index (χ1v) is 8.86. The maximum atomic E-state index is 12.5. The summed E-state index contributed by atoms with van der Waals surface area (Å²) in [6, 6.07) is 15.6. The molecule has 0 aliphatic rings. The summed E-state index contributed by atoms with van der Waals surface area (Å²) in [5.41, 5.74) is 7.05. The van der Waals surface area contributed by atoms with E-state index in [2.05, 4.69) is 20.0 Å². The molecule has 29 heavy (non-hydrogen) atoms. The van der Waals surface area contributed by atoms with Crippen molar-refractivity contribution >= 4 is 11.6 Å². The molecule has 0 bridgehead atoms. The predicted octanol–water partition coefficient (Wildman–Crippen LogP) is 3.80. The summed E-state index contributed by atoms with van der Waals surface area (Å²) in [7, 11) is 0. The number of hydrogen-bond acceptors (Lipinski definition) is 3. The Bertz CT molecular complexity index is 954. The van der Waals surface area contributed by atoms with Crippen LogP contribution in [0.1, 0.15) is 11.4 Å². The number of nitrogens with one attached hydrogen (secondary N) is 1. The van der Waals surface area contributed by atoms with Crippen LogP contribution in [0.25, 0.3) is 0 Å². The number of aromatic nitrogens is 2. The van der Waals surface area contributed by atoms with E-state index in [1.54, 1.807) is 12.3 Å². The van der Waals surface area contributed by atoms with Gasteiger partial charge in [0.05, 0.1) is 5.69 Å². The molecule has 2 aromatic carbocycles. The summed E-state index contributed by atoms with van der Waals surface area (Å²) in [5.74, 6) is 0.451. The van der Waals surface area contributed by atoms with Crippen LogP contribution < -0.4 is 15.8 Å². The van der Waals surface area contributed by atoms with Gasteiger partial charge < -0.3 is 20.4 Å². The number of halogens is 3. The molecule has 152 valence electrons. The lowest BCUT2D eigenvalue weighted by Gasteiger charge is -2.14. The van der Waals surface area contributed by atoms with Crippen molar-refractivity contribution in [2.45, 2.75) is 19.3 Å². The van der Waals surface area contributed by atoms with Gasteiger partial charge in [0.2, 0.25) is 0 Å². The summed E-state index contributed by atoms with van der Waals surface area (Å²) >= 11 is 0. The van der Waals surface area contributed by atoms with E-state index in [1.165, 1.54) is 18.2 Å². The number of aliphatic imine (C=N–C) groups is 1. The van der Waals surface area contributed by atoms with E-state index in [1.807, 2.05) is 41.1 Å². The topological polar surface area (TPSA) is 77.5 Å². The molecule has 0 atom stereocenters. The minimum absolute atomic E-state index is 0.00982. The van der Waals surface area contributed by atoms with Crippen LogP contribution >= 0.6 is 0 Å². The Hall–Kier alpha value is -3.49. The Morgan fingerprint density at radius 3 is 2.59 bits per heavy atom. The molecule has 0 saturated heterocycles. The lowest BCUT2D eigenvalue weighted by molar-refractivity contribution is -0.274. The normalized spacial score (nSPS) is 12.0. The van der Waals surface area contributed by atoms with Crippen molar-refractivity contribution in [2.75, 3.05) is 11.9 Å². The molecular weight excluding hydrogens is 383 g/mol. The number of para-hydroxylation sites is 2. The van der Waals surface area contributed by atoms with E-state index in [0.717, 1.165) is 11.4 Å². The minimum atomic E-state index is -4.79. The maximum Gasteiger partial charge on any atom is 0.573 e. The number of benzene rings is 2. The van der Waals surface area contributed by atoms with E-state index >= 15 is 0 Å². The average Bonchev–Trinajstić information content (AvgIpc) is 3.10. The molecule has 0 aliphatic heterocycles. The number of ether oxygens (including phenoxy) is 1. The van der Waals surface area contributed by atoms with Crippen molar-refractivity contribution < 1.29 is 17.9 Å². The van der Waals surface area contributed by atoms with Gasteiger partial charge in [-0.05, 0) is 17.7 Å². The van der Waals surface area contributed by atoms with Crippen LogP contribution in [-0.4, -0.2) is 28.4 Å². The summed E-state index contributed by atoms with van der Waals surface area (Å²) < 4.78 is 43.5. The van der Waals surface area contributed by atoms with Crippen LogP contribution in [0.5, 0.6) is 5.75 Å². The fourth-order valence-corrected chi connectivity index (χ4v) is 2.73. The first-order valence-electron chi connectivity index (χ1n) is 8.86. The van der Waals surface area contributed by atoms with Crippen LogP contribution in [-0.2, 0) is 13.0 Å². The molecule has 9 heteroatoms. The standard InChI is InChI=1S/C20H20F3N5O/c21-20(22,23)29-17-9-5-4-8-16(17)27-19(24)26-11-10-18-25-12-13-28(18)14-15-6-2-1-3-7-15/h1-9,12-13H,10-11,14H2,(H3,24,26,27). The number of rotatable bonds is 7. The molecule has 0 radical (unpaired) electrons. The number of nitrogens with two attached hydrogens (primary N) is 1. The van der Waals surface area contributed by atoms with Crippen LogP contribution in [0.2, 0.25) is 0 Å². The Labute approximate surface area is 165 Å². The SMILES string of the molecule is NC(=NCCc1nccn1Cc1ccccc1)Nc1ccccc1OC(F)(F)F. The molecule has 3 rings (SSSR count). The van der Waals surface area contributed by atoms with E-state index in [0.29, 0.717) is 19.5 Å². The zero-order valence-electron chi connectivity index (χ0n) is 15.4. The highest BCUT2D eigenvalue weighted by atomic mass is 19.4. The van der Waals surface area contributed by atoms with Crippen molar-refractivity contribution in [1.29, 1.82) is 0 Å². The van der Waals surface area contributed by atoms with Crippen molar-refractivity contribution in [1.82, 2.24) is 9.55 Å². The molecular formula is C20H20F3N5O. The zero-order valence-corrected chi connectivity index (χ0v) is 15.4. The second-order valence-corrected chi connectivity index (χ2v) is 6.14. The fourth-order valence-electron chi connectivity index (χ4n) is 2.73. The fraction of sp³-hybridized carbons (Fsp3) is 0.200. The van der Waals surface area contributed by atoms with Gasteiger partial charge in [-0.15, -0.1) is 13.2 Å². The second-order valence-electron chi connectivity index (χ2n) is 6.14. The Morgan fingerprint density at radius 2 is 1.83 bits per heavy atom. The number of anilines is 1. The smallest absolute Gasteiger partial charge is 0.404 e. The molecule has 0 saturated carbocycles. The minimum Gasteiger partial charge on any atom is -0.404 e. The predicted molar refractivity (Wildman–Crippen MR) is 105 cm³/mol. The van der Waals surface area contributed by atoms with Gasteiger partial charge in [0, 0.05) is 31.9 Å². The van der Waals surface area contributed by atoms with E-state index < -0.39 is 6.36 Å². The maximum absolute atomic E-state index is 12.5. The quantitative estimate of drug-likeness (QED) is 0.465. The Morgan fingerprint density at radius 1 is 1.10 bits per heavy atom. The van der Waals surface area contributed by atoms with Gasteiger partial charge in [-0.2, -0.15) is 0 Å². The van der Waals surface area contributed by atoms with Gasteiger partial charge in [0.15, 0.2) is 11.7 Å². The molecule has 0 amide bonds. The average molecular weight is 403 g/mol. The summed E-state index contributed by atoms with van der Waals surface area (Å²) in [6.45, 7) is 1.02. The first kappa shape index (κ1) is 20.2. The highest BCUT2D eigenvalue weighted by molar-refractivity contribution is 5.93. The van der Waals surface area contributed by atoms with Crippen molar-refractivity contribution in [3.63, 3.8) is 0 Å².